The first-order valence-electron chi connectivity index (χ1n) is 8.99. The van der Waals surface area contributed by atoms with Crippen LogP contribution < -0.4 is 0 Å². The quantitative estimate of drug-likeness (QED) is 0.431. The van der Waals surface area contributed by atoms with Crippen molar-refractivity contribution < 1.29 is 0 Å². The van der Waals surface area contributed by atoms with Crippen LogP contribution >= 0.6 is 0 Å². The molecule has 26 heavy (non-hydrogen) atoms. The zero-order valence-electron chi connectivity index (χ0n) is 15.4. The van der Waals surface area contributed by atoms with Crippen LogP contribution in [0.1, 0.15) is 18.2 Å². The molecule has 0 saturated heterocycles. The Kier molecular flexibility index (Phi) is 4.00. The molecule has 0 aliphatic heterocycles. The first-order valence-corrected chi connectivity index (χ1v) is 8.99. The Hall–Kier alpha value is -3.06. The van der Waals surface area contributed by atoms with Gasteiger partial charge >= 0.3 is 0 Å². The Labute approximate surface area is 155 Å². The highest BCUT2D eigenvalue weighted by Crippen LogP contribution is 2.36. The summed E-state index contributed by atoms with van der Waals surface area (Å²) in [7, 11) is 2.13. The molecule has 4 rings (SSSR count). The van der Waals surface area contributed by atoms with Crippen molar-refractivity contribution in [2.75, 3.05) is 0 Å². The number of aryl methyl sites for hydroxylation is 1. The van der Waals surface area contributed by atoms with Gasteiger partial charge in [0, 0.05) is 29.1 Å². The maximum absolute atomic E-state index is 4.38. The standard InChI is InChI=1S/C25H23N/c1-17-9-10-18(2)12-16-23-24(19(3)13-11-17)22-15-14-20-7-5-6-8-21(20)25(22)26(23)4/h5-17H,2-3H2,1,4H3/b10-9?,13-11-,16-12-/t17-/m1/s1. The lowest BCUT2D eigenvalue weighted by Crippen LogP contribution is -1.93. The van der Waals surface area contributed by atoms with Crippen LogP contribution in [0.4, 0.5) is 0 Å². The molecule has 0 saturated carbocycles. The van der Waals surface area contributed by atoms with E-state index in [4.69, 9.17) is 0 Å². The van der Waals surface area contributed by atoms with Gasteiger partial charge in [0.2, 0.25) is 0 Å². The molecule has 1 aromatic heterocycles. The molecule has 3 aromatic rings. The van der Waals surface area contributed by atoms with Crippen molar-refractivity contribution >= 4 is 33.3 Å². The predicted octanol–water partition coefficient (Wildman–Crippen LogP) is 6.68. The van der Waals surface area contributed by atoms with Crippen LogP contribution in [0.2, 0.25) is 0 Å². The molecule has 0 unspecified atom stereocenters. The van der Waals surface area contributed by atoms with Crippen molar-refractivity contribution in [2.24, 2.45) is 13.0 Å². The molecule has 1 nitrogen and oxygen atoms in total. The van der Waals surface area contributed by atoms with Crippen LogP contribution in [0.5, 0.6) is 0 Å². The number of rotatable bonds is 0. The van der Waals surface area contributed by atoms with E-state index in [1.54, 1.807) is 0 Å². The lowest BCUT2D eigenvalue weighted by atomic mass is 9.99. The molecule has 0 amide bonds. The summed E-state index contributed by atoms with van der Waals surface area (Å²) in [6.45, 7) is 10.7. The molecule has 0 bridgehead atoms. The van der Waals surface area contributed by atoms with Crippen molar-refractivity contribution in [1.29, 1.82) is 0 Å². The highest BCUT2D eigenvalue weighted by Gasteiger charge is 2.17. The fraction of sp³-hybridized carbons (Fsp3) is 0.120. The third-order valence-corrected chi connectivity index (χ3v) is 5.11. The molecular formula is C25H23N. The second-order valence-electron chi connectivity index (χ2n) is 7.01. The third-order valence-electron chi connectivity index (χ3n) is 5.11. The summed E-state index contributed by atoms with van der Waals surface area (Å²) in [4.78, 5) is 0. The van der Waals surface area contributed by atoms with E-state index in [0.717, 1.165) is 16.8 Å². The Morgan fingerprint density at radius 1 is 0.846 bits per heavy atom. The first-order chi connectivity index (χ1) is 12.6. The van der Waals surface area contributed by atoms with Gasteiger partial charge in [-0.2, -0.15) is 0 Å². The lowest BCUT2D eigenvalue weighted by Gasteiger charge is -2.04. The number of allylic oxidation sites excluding steroid dienone is 7. The van der Waals surface area contributed by atoms with Crippen molar-refractivity contribution in [2.45, 2.75) is 6.92 Å². The van der Waals surface area contributed by atoms with Gasteiger partial charge in [0.1, 0.15) is 0 Å². The molecule has 0 fully saturated rings. The Morgan fingerprint density at radius 2 is 1.62 bits per heavy atom. The number of aromatic nitrogens is 1. The molecule has 128 valence electrons. The molecule has 1 heterocycles. The van der Waals surface area contributed by atoms with E-state index in [9.17, 15) is 0 Å². The highest BCUT2D eigenvalue weighted by molar-refractivity contribution is 6.11. The number of benzene rings is 2. The van der Waals surface area contributed by atoms with Crippen molar-refractivity contribution in [1.82, 2.24) is 4.57 Å². The normalized spacial score (nSPS) is 20.2. The van der Waals surface area contributed by atoms with E-state index < -0.39 is 0 Å². The van der Waals surface area contributed by atoms with Gasteiger partial charge in [-0.05, 0) is 28.5 Å². The van der Waals surface area contributed by atoms with E-state index in [-0.39, 0.29) is 0 Å². The van der Waals surface area contributed by atoms with Crippen molar-refractivity contribution in [3.8, 4) is 0 Å². The Bertz CT molecular complexity index is 1130. The third kappa shape index (κ3) is 2.66. The summed E-state index contributed by atoms with van der Waals surface area (Å²) in [5.41, 5.74) is 5.65. The minimum atomic E-state index is 0.342. The smallest absolute Gasteiger partial charge is 0.0568 e. The van der Waals surface area contributed by atoms with Gasteiger partial charge < -0.3 is 4.57 Å². The topological polar surface area (TPSA) is 4.93 Å². The van der Waals surface area contributed by atoms with E-state index in [1.165, 1.54) is 27.2 Å². The highest BCUT2D eigenvalue weighted by atomic mass is 14.9. The van der Waals surface area contributed by atoms with E-state index in [1.807, 2.05) is 0 Å². The molecule has 1 heteroatoms. The number of hydrogen-bond donors (Lipinski definition) is 0. The van der Waals surface area contributed by atoms with E-state index in [2.05, 4.69) is 105 Å². The maximum Gasteiger partial charge on any atom is 0.0568 e. The minimum absolute atomic E-state index is 0.342. The number of hydrogen-bond acceptors (Lipinski definition) is 0. The van der Waals surface area contributed by atoms with Gasteiger partial charge in [0.15, 0.2) is 0 Å². The molecule has 1 aliphatic carbocycles. The Balaban J connectivity index is 2.09. The van der Waals surface area contributed by atoms with Crippen LogP contribution in [0.15, 0.2) is 85.5 Å². The van der Waals surface area contributed by atoms with E-state index >= 15 is 0 Å². The van der Waals surface area contributed by atoms with Gasteiger partial charge in [-0.15, -0.1) is 0 Å². The fourth-order valence-electron chi connectivity index (χ4n) is 3.71. The summed E-state index contributed by atoms with van der Waals surface area (Å²) in [6.07, 6.45) is 12.8. The second kappa shape index (κ2) is 6.34. The fourth-order valence-corrected chi connectivity index (χ4v) is 3.71. The van der Waals surface area contributed by atoms with Crippen LogP contribution in [0.25, 0.3) is 33.3 Å². The second-order valence-corrected chi connectivity index (χ2v) is 7.01. The maximum atomic E-state index is 4.38. The Morgan fingerprint density at radius 3 is 2.46 bits per heavy atom. The SMILES string of the molecule is C=C1C=C[C@@H](C)/C=C\C(=C)c2c(n(C)c3c2ccc2ccccc23)/C=C\1. The van der Waals surface area contributed by atoms with Gasteiger partial charge in [-0.3, -0.25) is 0 Å². The van der Waals surface area contributed by atoms with Gasteiger partial charge in [0.25, 0.3) is 0 Å². The number of fused-ring (bicyclic) bond motifs is 5. The minimum Gasteiger partial charge on any atom is -0.343 e. The van der Waals surface area contributed by atoms with Crippen LogP contribution in [0.3, 0.4) is 0 Å². The molecule has 1 aliphatic rings. The van der Waals surface area contributed by atoms with Gasteiger partial charge in [-0.25, -0.2) is 0 Å². The predicted molar refractivity (Wildman–Crippen MR) is 115 cm³/mol. The molecular weight excluding hydrogens is 314 g/mol. The summed E-state index contributed by atoms with van der Waals surface area (Å²) in [5.74, 6) is 0.342. The summed E-state index contributed by atoms with van der Waals surface area (Å²) < 4.78 is 2.28. The zero-order valence-corrected chi connectivity index (χ0v) is 15.4. The van der Waals surface area contributed by atoms with E-state index in [0.29, 0.717) is 5.92 Å². The van der Waals surface area contributed by atoms with Gasteiger partial charge in [0.05, 0.1) is 5.52 Å². The number of nitrogens with zero attached hydrogens (tertiary/aromatic N) is 1. The van der Waals surface area contributed by atoms with Crippen LogP contribution in [-0.2, 0) is 7.05 Å². The molecule has 1 atom stereocenters. The van der Waals surface area contributed by atoms with Gasteiger partial charge in [-0.1, -0.05) is 86.9 Å². The largest absolute Gasteiger partial charge is 0.343 e. The zero-order chi connectivity index (χ0) is 18.3. The van der Waals surface area contributed by atoms with Crippen molar-refractivity contribution in [3.63, 3.8) is 0 Å². The summed E-state index contributed by atoms with van der Waals surface area (Å²) in [5, 5.41) is 3.77. The monoisotopic (exact) mass is 337 g/mol. The molecule has 0 radical (unpaired) electrons. The summed E-state index contributed by atoms with van der Waals surface area (Å²) in [6, 6.07) is 13.0. The summed E-state index contributed by atoms with van der Waals surface area (Å²) >= 11 is 0. The molecule has 0 N–H and O–H groups in total. The van der Waals surface area contributed by atoms with Crippen molar-refractivity contribution in [3.05, 3.63) is 96.8 Å². The molecule has 0 spiro atoms. The van der Waals surface area contributed by atoms with Crippen LogP contribution in [0, 0.1) is 5.92 Å². The average Bonchev–Trinajstić information content (AvgIpc) is 2.93. The molecule has 2 aromatic carbocycles. The van der Waals surface area contributed by atoms with Crippen LogP contribution in [-0.4, -0.2) is 4.57 Å². The first kappa shape index (κ1) is 16.4. The lowest BCUT2D eigenvalue weighted by molar-refractivity contribution is 0.940. The average molecular weight is 337 g/mol.